The Bertz CT molecular complexity index is 900. The predicted molar refractivity (Wildman–Crippen MR) is 75.6 cm³/mol. The lowest BCUT2D eigenvalue weighted by Crippen LogP contribution is -2.19. The number of rotatable bonds is 1. The molecule has 2 aromatic heterocycles. The van der Waals surface area contributed by atoms with Crippen LogP contribution < -0.4 is 5.56 Å². The van der Waals surface area contributed by atoms with Crippen molar-refractivity contribution in [3.05, 3.63) is 57.7 Å². The summed E-state index contributed by atoms with van der Waals surface area (Å²) in [6.07, 6.45) is 3.21. The summed E-state index contributed by atoms with van der Waals surface area (Å²) in [5.74, 6) is 0. The zero-order valence-electron chi connectivity index (χ0n) is 10.5. The molecular formula is C14H9ClN4O. The van der Waals surface area contributed by atoms with Gasteiger partial charge in [-0.15, -0.1) is 0 Å². The van der Waals surface area contributed by atoms with Crippen LogP contribution in [0.1, 0.15) is 5.56 Å². The fourth-order valence-corrected chi connectivity index (χ4v) is 2.22. The standard InChI is InChI=1S/C14H9ClN4O/c1-18-12(15)8-19-13(14(18)20)11(7-17-19)10-4-2-9(6-16)3-5-10/h2-5,7-8H,1H3. The van der Waals surface area contributed by atoms with E-state index in [9.17, 15) is 4.79 Å². The quantitative estimate of drug-likeness (QED) is 0.688. The van der Waals surface area contributed by atoms with Gasteiger partial charge in [0.25, 0.3) is 5.56 Å². The second-order valence-corrected chi connectivity index (χ2v) is 4.74. The lowest BCUT2D eigenvalue weighted by molar-refractivity contribution is 0.821. The van der Waals surface area contributed by atoms with E-state index in [-0.39, 0.29) is 5.56 Å². The van der Waals surface area contributed by atoms with E-state index in [1.807, 2.05) is 0 Å². The molecule has 3 aromatic rings. The molecule has 3 rings (SSSR count). The summed E-state index contributed by atoms with van der Waals surface area (Å²) in [6, 6.07) is 9.07. The molecular weight excluding hydrogens is 276 g/mol. The maximum absolute atomic E-state index is 12.3. The van der Waals surface area contributed by atoms with Gasteiger partial charge in [-0.3, -0.25) is 9.36 Å². The minimum Gasteiger partial charge on any atom is -0.299 e. The van der Waals surface area contributed by atoms with E-state index in [0.29, 0.717) is 21.8 Å². The molecule has 0 spiro atoms. The van der Waals surface area contributed by atoms with Gasteiger partial charge in [0, 0.05) is 12.6 Å². The van der Waals surface area contributed by atoms with Gasteiger partial charge in [0.2, 0.25) is 0 Å². The number of benzene rings is 1. The van der Waals surface area contributed by atoms with Gasteiger partial charge in [-0.2, -0.15) is 10.4 Å². The molecule has 0 bridgehead atoms. The third-order valence-corrected chi connectivity index (χ3v) is 3.53. The largest absolute Gasteiger partial charge is 0.299 e. The Morgan fingerprint density at radius 3 is 2.65 bits per heavy atom. The zero-order chi connectivity index (χ0) is 14.3. The Hall–Kier alpha value is -2.58. The molecule has 0 unspecified atom stereocenters. The van der Waals surface area contributed by atoms with Crippen molar-refractivity contribution in [1.29, 1.82) is 5.26 Å². The highest BCUT2D eigenvalue weighted by atomic mass is 35.5. The molecule has 0 saturated carbocycles. The third-order valence-electron chi connectivity index (χ3n) is 3.18. The van der Waals surface area contributed by atoms with Crippen molar-refractivity contribution in [3.63, 3.8) is 0 Å². The summed E-state index contributed by atoms with van der Waals surface area (Å²) in [4.78, 5) is 12.3. The fourth-order valence-electron chi connectivity index (χ4n) is 2.05. The van der Waals surface area contributed by atoms with Crippen LogP contribution in [0, 0.1) is 11.3 Å². The topological polar surface area (TPSA) is 63.1 Å². The molecule has 1 aromatic carbocycles. The number of nitriles is 1. The van der Waals surface area contributed by atoms with Crippen molar-refractivity contribution >= 4 is 17.1 Å². The van der Waals surface area contributed by atoms with Crippen molar-refractivity contribution in [3.8, 4) is 17.2 Å². The van der Waals surface area contributed by atoms with Crippen LogP contribution in [0.2, 0.25) is 5.15 Å². The molecule has 20 heavy (non-hydrogen) atoms. The van der Waals surface area contributed by atoms with Crippen molar-refractivity contribution in [2.45, 2.75) is 0 Å². The highest BCUT2D eigenvalue weighted by molar-refractivity contribution is 6.29. The molecule has 98 valence electrons. The molecule has 0 fully saturated rings. The Morgan fingerprint density at radius 2 is 2.00 bits per heavy atom. The summed E-state index contributed by atoms with van der Waals surface area (Å²) in [5.41, 5.74) is 2.36. The van der Waals surface area contributed by atoms with E-state index in [4.69, 9.17) is 16.9 Å². The smallest absolute Gasteiger partial charge is 0.278 e. The highest BCUT2D eigenvalue weighted by Crippen LogP contribution is 2.23. The van der Waals surface area contributed by atoms with Gasteiger partial charge in [-0.25, -0.2) is 4.52 Å². The number of hydrogen-bond acceptors (Lipinski definition) is 3. The summed E-state index contributed by atoms with van der Waals surface area (Å²) >= 11 is 5.95. The average Bonchev–Trinajstić information content (AvgIpc) is 2.88. The van der Waals surface area contributed by atoms with Crippen LogP contribution in [0.4, 0.5) is 0 Å². The number of aromatic nitrogens is 3. The first-order valence-corrected chi connectivity index (χ1v) is 6.23. The summed E-state index contributed by atoms with van der Waals surface area (Å²) in [5, 5.41) is 13.3. The molecule has 0 radical (unpaired) electrons. The Kier molecular flexibility index (Phi) is 2.81. The van der Waals surface area contributed by atoms with Crippen molar-refractivity contribution in [2.75, 3.05) is 0 Å². The molecule has 0 atom stereocenters. The van der Waals surface area contributed by atoms with Crippen molar-refractivity contribution in [1.82, 2.24) is 14.2 Å². The molecule has 0 N–H and O–H groups in total. The Labute approximate surface area is 119 Å². The van der Waals surface area contributed by atoms with Gasteiger partial charge in [-0.05, 0) is 17.7 Å². The number of hydrogen-bond donors (Lipinski definition) is 0. The second kappa shape index (κ2) is 4.51. The van der Waals surface area contributed by atoms with Crippen LogP contribution >= 0.6 is 11.6 Å². The van der Waals surface area contributed by atoms with Crippen LogP contribution in [-0.4, -0.2) is 14.2 Å². The number of fused-ring (bicyclic) bond motifs is 1. The van der Waals surface area contributed by atoms with E-state index < -0.39 is 0 Å². The third kappa shape index (κ3) is 1.78. The van der Waals surface area contributed by atoms with Crippen LogP contribution in [-0.2, 0) is 7.05 Å². The van der Waals surface area contributed by atoms with Crippen LogP contribution in [0.3, 0.4) is 0 Å². The Balaban J connectivity index is 2.29. The zero-order valence-corrected chi connectivity index (χ0v) is 11.3. The Morgan fingerprint density at radius 1 is 1.30 bits per heavy atom. The van der Waals surface area contributed by atoms with E-state index in [2.05, 4.69) is 11.2 Å². The average molecular weight is 285 g/mol. The molecule has 0 aliphatic carbocycles. The van der Waals surface area contributed by atoms with Gasteiger partial charge in [0.1, 0.15) is 10.7 Å². The van der Waals surface area contributed by atoms with Crippen molar-refractivity contribution < 1.29 is 0 Å². The fraction of sp³-hybridized carbons (Fsp3) is 0.0714. The summed E-state index contributed by atoms with van der Waals surface area (Å²) in [7, 11) is 1.61. The minimum absolute atomic E-state index is 0.214. The predicted octanol–water partition coefficient (Wildman–Crippen LogP) is 2.23. The molecule has 0 saturated heterocycles. The van der Waals surface area contributed by atoms with Crippen LogP contribution in [0.25, 0.3) is 16.6 Å². The van der Waals surface area contributed by atoms with Crippen LogP contribution in [0.15, 0.2) is 41.5 Å². The summed E-state index contributed by atoms with van der Waals surface area (Å²) in [6.45, 7) is 0. The molecule has 0 amide bonds. The highest BCUT2D eigenvalue weighted by Gasteiger charge is 2.13. The molecule has 0 aliphatic rings. The molecule has 5 nitrogen and oxygen atoms in total. The number of halogens is 1. The maximum Gasteiger partial charge on any atom is 0.278 e. The summed E-state index contributed by atoms with van der Waals surface area (Å²) < 4.78 is 2.84. The van der Waals surface area contributed by atoms with Gasteiger partial charge in [0.15, 0.2) is 0 Å². The lowest BCUT2D eigenvalue weighted by atomic mass is 10.1. The maximum atomic E-state index is 12.3. The number of nitrogens with zero attached hydrogens (tertiary/aromatic N) is 4. The van der Waals surface area contributed by atoms with Gasteiger partial charge in [0.05, 0.1) is 24.0 Å². The lowest BCUT2D eigenvalue weighted by Gasteiger charge is -2.04. The monoisotopic (exact) mass is 284 g/mol. The van der Waals surface area contributed by atoms with E-state index in [0.717, 1.165) is 5.56 Å². The van der Waals surface area contributed by atoms with Crippen molar-refractivity contribution in [2.24, 2.45) is 7.05 Å². The molecule has 2 heterocycles. The molecule has 0 aliphatic heterocycles. The SMILES string of the molecule is Cn1c(Cl)cn2ncc(-c3ccc(C#N)cc3)c2c1=O. The van der Waals surface area contributed by atoms with E-state index in [1.54, 1.807) is 43.7 Å². The first-order chi connectivity index (χ1) is 9.61. The molecule has 6 heteroatoms. The van der Waals surface area contributed by atoms with E-state index in [1.165, 1.54) is 9.08 Å². The normalized spacial score (nSPS) is 10.7. The second-order valence-electron chi connectivity index (χ2n) is 4.36. The van der Waals surface area contributed by atoms with Gasteiger partial charge >= 0.3 is 0 Å². The first kappa shape index (κ1) is 12.5. The minimum atomic E-state index is -0.214. The van der Waals surface area contributed by atoms with Gasteiger partial charge in [-0.1, -0.05) is 23.7 Å². The first-order valence-electron chi connectivity index (χ1n) is 5.85. The van der Waals surface area contributed by atoms with E-state index >= 15 is 0 Å². The van der Waals surface area contributed by atoms with Gasteiger partial charge < -0.3 is 0 Å². The van der Waals surface area contributed by atoms with Crippen LogP contribution in [0.5, 0.6) is 0 Å².